The zero-order valence-corrected chi connectivity index (χ0v) is 15.9. The van der Waals surface area contributed by atoms with E-state index in [-0.39, 0.29) is 11.8 Å². The molecule has 27 heavy (non-hydrogen) atoms. The van der Waals surface area contributed by atoms with E-state index in [4.69, 9.17) is 21.1 Å². The number of nitrogens with one attached hydrogen (secondary N) is 2. The van der Waals surface area contributed by atoms with Crippen molar-refractivity contribution in [2.75, 3.05) is 17.2 Å². The van der Waals surface area contributed by atoms with Crippen LogP contribution in [0.4, 0.5) is 11.4 Å². The molecule has 0 saturated heterocycles. The molecule has 2 amide bonds. The summed E-state index contributed by atoms with van der Waals surface area (Å²) in [6, 6.07) is 12.4. The summed E-state index contributed by atoms with van der Waals surface area (Å²) in [6.45, 7) is 3.79. The summed E-state index contributed by atoms with van der Waals surface area (Å²) in [5, 5.41) is 6.15. The van der Waals surface area contributed by atoms with E-state index in [1.54, 1.807) is 44.2 Å². The molecule has 0 unspecified atom stereocenters. The molecule has 2 aromatic rings. The first-order chi connectivity index (χ1) is 12.8. The van der Waals surface area contributed by atoms with Crippen molar-refractivity contribution in [1.82, 2.24) is 0 Å². The van der Waals surface area contributed by atoms with Gasteiger partial charge in [-0.05, 0) is 50.6 Å². The number of rotatable bonds is 6. The second-order valence-corrected chi connectivity index (χ2v) is 7.12. The molecule has 6 nitrogen and oxygen atoms in total. The van der Waals surface area contributed by atoms with Crippen LogP contribution in [0.15, 0.2) is 42.5 Å². The number of ether oxygens (including phenoxy) is 2. The Morgan fingerprint density at radius 2 is 2.04 bits per heavy atom. The first-order valence-electron chi connectivity index (χ1n) is 8.67. The fraction of sp³-hybridized carbons (Fsp3) is 0.300. The molecule has 2 N–H and O–H groups in total. The van der Waals surface area contributed by atoms with Crippen LogP contribution < -0.4 is 20.1 Å². The third kappa shape index (κ3) is 4.71. The second-order valence-electron chi connectivity index (χ2n) is 6.71. The van der Waals surface area contributed by atoms with Crippen LogP contribution in [0.1, 0.15) is 26.7 Å². The lowest BCUT2D eigenvalue weighted by molar-refractivity contribution is -0.129. The van der Waals surface area contributed by atoms with E-state index in [1.807, 2.05) is 12.1 Å². The number of anilines is 2. The molecule has 0 aromatic heterocycles. The van der Waals surface area contributed by atoms with Crippen LogP contribution in [0, 0.1) is 0 Å². The van der Waals surface area contributed by atoms with Gasteiger partial charge in [0.1, 0.15) is 11.5 Å². The maximum absolute atomic E-state index is 12.1. The van der Waals surface area contributed by atoms with Crippen molar-refractivity contribution >= 4 is 34.8 Å². The molecule has 0 spiro atoms. The smallest absolute Gasteiger partial charge is 0.268 e. The Bertz CT molecular complexity index is 867. The van der Waals surface area contributed by atoms with E-state index in [0.29, 0.717) is 47.3 Å². The van der Waals surface area contributed by atoms with Gasteiger partial charge in [-0.1, -0.05) is 23.7 Å². The van der Waals surface area contributed by atoms with E-state index in [9.17, 15) is 9.59 Å². The van der Waals surface area contributed by atoms with Crippen molar-refractivity contribution in [1.29, 1.82) is 0 Å². The van der Waals surface area contributed by atoms with Gasteiger partial charge in [0.2, 0.25) is 5.91 Å². The number of halogens is 1. The average Bonchev–Trinajstić information content (AvgIpc) is 2.61. The number of carbonyl (C=O) groups is 2. The summed E-state index contributed by atoms with van der Waals surface area (Å²) < 4.78 is 11.2. The molecule has 1 aliphatic rings. The van der Waals surface area contributed by atoms with Crippen molar-refractivity contribution in [3.05, 3.63) is 47.5 Å². The molecular weight excluding hydrogens is 368 g/mol. The molecule has 7 heteroatoms. The maximum atomic E-state index is 12.1. The fourth-order valence-electron chi connectivity index (χ4n) is 2.59. The van der Waals surface area contributed by atoms with Crippen molar-refractivity contribution in [3.63, 3.8) is 0 Å². The monoisotopic (exact) mass is 388 g/mol. The minimum Gasteiger partial charge on any atom is -0.492 e. The third-order valence-corrected chi connectivity index (χ3v) is 4.38. The number of hydrogen-bond acceptors (Lipinski definition) is 4. The Hall–Kier alpha value is -2.73. The molecule has 1 heterocycles. The Morgan fingerprint density at radius 1 is 1.26 bits per heavy atom. The highest BCUT2D eigenvalue weighted by molar-refractivity contribution is 6.32. The molecule has 0 fully saturated rings. The lowest BCUT2D eigenvalue weighted by atomic mass is 10.1. The summed E-state index contributed by atoms with van der Waals surface area (Å²) in [7, 11) is 0. The SMILES string of the molecule is CC1(C)Oc2ccc(NC(=O)CCCOc3ccccc3Cl)cc2NC1=O. The van der Waals surface area contributed by atoms with E-state index >= 15 is 0 Å². The molecular formula is C20H21ClN2O4. The molecule has 0 atom stereocenters. The zero-order valence-electron chi connectivity index (χ0n) is 15.2. The fourth-order valence-corrected chi connectivity index (χ4v) is 2.78. The van der Waals surface area contributed by atoms with Gasteiger partial charge in [-0.15, -0.1) is 0 Å². The number of hydrogen-bond donors (Lipinski definition) is 2. The van der Waals surface area contributed by atoms with E-state index in [2.05, 4.69) is 10.6 Å². The van der Waals surface area contributed by atoms with Gasteiger partial charge in [-0.2, -0.15) is 0 Å². The molecule has 0 aliphatic carbocycles. The summed E-state index contributed by atoms with van der Waals surface area (Å²) in [5.74, 6) is 0.815. The van der Waals surface area contributed by atoms with Gasteiger partial charge in [0.05, 0.1) is 17.3 Å². The van der Waals surface area contributed by atoms with Crippen molar-refractivity contribution in [2.45, 2.75) is 32.3 Å². The van der Waals surface area contributed by atoms with Crippen LogP contribution in [-0.4, -0.2) is 24.0 Å². The molecule has 1 aliphatic heterocycles. The predicted molar refractivity (Wildman–Crippen MR) is 105 cm³/mol. The Labute approximate surface area is 162 Å². The zero-order chi connectivity index (χ0) is 19.4. The lowest BCUT2D eigenvalue weighted by Gasteiger charge is -2.31. The van der Waals surface area contributed by atoms with Gasteiger partial charge in [0.15, 0.2) is 5.60 Å². The number of fused-ring (bicyclic) bond motifs is 1. The van der Waals surface area contributed by atoms with Gasteiger partial charge in [0, 0.05) is 12.1 Å². The lowest BCUT2D eigenvalue weighted by Crippen LogP contribution is -2.45. The highest BCUT2D eigenvalue weighted by Gasteiger charge is 2.35. The van der Waals surface area contributed by atoms with Crippen LogP contribution in [0.2, 0.25) is 5.02 Å². The summed E-state index contributed by atoms with van der Waals surface area (Å²) in [6.07, 6.45) is 0.855. The minimum atomic E-state index is -0.917. The van der Waals surface area contributed by atoms with Crippen LogP contribution >= 0.6 is 11.6 Å². The van der Waals surface area contributed by atoms with Crippen LogP contribution in [-0.2, 0) is 9.59 Å². The van der Waals surface area contributed by atoms with Gasteiger partial charge < -0.3 is 20.1 Å². The molecule has 0 bridgehead atoms. The summed E-state index contributed by atoms with van der Waals surface area (Å²) >= 11 is 6.01. The maximum Gasteiger partial charge on any atom is 0.268 e. The number of benzene rings is 2. The molecule has 142 valence electrons. The largest absolute Gasteiger partial charge is 0.492 e. The van der Waals surface area contributed by atoms with Crippen LogP contribution in [0.5, 0.6) is 11.5 Å². The molecule has 0 saturated carbocycles. The Kier molecular flexibility index (Phi) is 5.56. The van der Waals surface area contributed by atoms with Crippen molar-refractivity contribution in [2.24, 2.45) is 0 Å². The summed E-state index contributed by atoms with van der Waals surface area (Å²) in [4.78, 5) is 24.1. The minimum absolute atomic E-state index is 0.138. The van der Waals surface area contributed by atoms with Gasteiger partial charge in [-0.25, -0.2) is 0 Å². The van der Waals surface area contributed by atoms with Gasteiger partial charge >= 0.3 is 0 Å². The van der Waals surface area contributed by atoms with Crippen molar-refractivity contribution in [3.8, 4) is 11.5 Å². The predicted octanol–water partition coefficient (Wildman–Crippen LogP) is 4.25. The third-order valence-electron chi connectivity index (χ3n) is 4.07. The topological polar surface area (TPSA) is 76.7 Å². The summed E-state index contributed by atoms with van der Waals surface area (Å²) in [5.41, 5.74) is 0.216. The number of amides is 2. The first kappa shape index (κ1) is 19.0. The van der Waals surface area contributed by atoms with E-state index < -0.39 is 5.60 Å². The van der Waals surface area contributed by atoms with Crippen molar-refractivity contribution < 1.29 is 19.1 Å². The molecule has 2 aromatic carbocycles. The standard InChI is InChI=1S/C20H21ClN2O4/c1-20(2)19(25)23-15-12-13(9-10-17(15)27-20)22-18(24)8-5-11-26-16-7-4-3-6-14(16)21/h3-4,6-7,9-10,12H,5,8,11H2,1-2H3,(H,22,24)(H,23,25). The van der Waals surface area contributed by atoms with Gasteiger partial charge in [-0.3, -0.25) is 9.59 Å². The van der Waals surface area contributed by atoms with E-state index in [0.717, 1.165) is 0 Å². The highest BCUT2D eigenvalue weighted by Crippen LogP contribution is 2.35. The second kappa shape index (κ2) is 7.88. The first-order valence-corrected chi connectivity index (χ1v) is 9.05. The number of para-hydroxylation sites is 1. The van der Waals surface area contributed by atoms with Crippen LogP contribution in [0.3, 0.4) is 0 Å². The Balaban J connectivity index is 1.49. The van der Waals surface area contributed by atoms with Gasteiger partial charge in [0.25, 0.3) is 5.91 Å². The molecule has 0 radical (unpaired) electrons. The number of carbonyl (C=O) groups excluding carboxylic acids is 2. The quantitative estimate of drug-likeness (QED) is 0.725. The molecule has 3 rings (SSSR count). The van der Waals surface area contributed by atoms with Crippen LogP contribution in [0.25, 0.3) is 0 Å². The Morgan fingerprint density at radius 3 is 2.81 bits per heavy atom. The van der Waals surface area contributed by atoms with E-state index in [1.165, 1.54) is 0 Å². The normalized spacial score (nSPS) is 14.6. The highest BCUT2D eigenvalue weighted by atomic mass is 35.5. The average molecular weight is 389 g/mol.